The highest BCUT2D eigenvalue weighted by atomic mass is 127. The Kier molecular flexibility index (Phi) is 9.56. The van der Waals surface area contributed by atoms with Crippen LogP contribution < -0.4 is 20.5 Å². The summed E-state index contributed by atoms with van der Waals surface area (Å²) in [5.74, 6) is 0.243. The molecule has 27 heavy (non-hydrogen) atoms. The van der Waals surface area contributed by atoms with E-state index < -0.39 is 5.97 Å². The summed E-state index contributed by atoms with van der Waals surface area (Å²) in [6, 6.07) is 8.83. The normalized spacial score (nSPS) is 9.93. The molecule has 146 valence electrons. The first-order chi connectivity index (χ1) is 12.3. The first-order valence-corrected chi connectivity index (χ1v) is 9.64. The van der Waals surface area contributed by atoms with Gasteiger partial charge in [-0.05, 0) is 69.4 Å². The number of ether oxygens (including phenoxy) is 2. The van der Waals surface area contributed by atoms with E-state index >= 15 is 0 Å². The molecule has 5 N–H and O–H groups in total. The van der Waals surface area contributed by atoms with Gasteiger partial charge in [-0.15, -0.1) is 12.4 Å². The van der Waals surface area contributed by atoms with Crippen LogP contribution in [-0.4, -0.2) is 30.1 Å². The Hall–Kier alpha value is -1.31. The highest BCUT2D eigenvalue weighted by Gasteiger charge is 2.19. The molecule has 0 aliphatic rings. The molecule has 0 radical (unpaired) electrons. The lowest BCUT2D eigenvalue weighted by molar-refractivity contribution is -0.132. The number of aliphatic hydroxyl groups excluding tert-OH is 1. The second-order valence-electron chi connectivity index (χ2n) is 5.16. The van der Waals surface area contributed by atoms with Crippen molar-refractivity contribution in [3.05, 3.63) is 43.0 Å². The Balaban J connectivity index is 0.00000364. The van der Waals surface area contributed by atoms with Crippen molar-refractivity contribution in [1.82, 2.24) is 0 Å². The maximum Gasteiger partial charge on any atom is 0.308 e. The standard InChI is InChI=1S/C17H17I2N3O4.ClH/c1-9(24)26-13-8-12(18)15(14(19)16(13)25-7-6-23)22-11-4-2-10(3-5-11)17(20)21;/h2-5,8,22-23H,6-7H2,1H3,(H3,20,21);1H. The number of amidine groups is 1. The smallest absolute Gasteiger partial charge is 0.308 e. The van der Waals surface area contributed by atoms with Gasteiger partial charge in [-0.1, -0.05) is 0 Å². The number of carbonyl (C=O) groups excluding carboxylic acids is 1. The average Bonchev–Trinajstić information content (AvgIpc) is 2.58. The lowest BCUT2D eigenvalue weighted by atomic mass is 10.2. The monoisotopic (exact) mass is 617 g/mol. The van der Waals surface area contributed by atoms with Crippen LogP contribution in [0.3, 0.4) is 0 Å². The number of hydrogen-bond donors (Lipinski definition) is 4. The van der Waals surface area contributed by atoms with E-state index in [2.05, 4.69) is 50.5 Å². The van der Waals surface area contributed by atoms with Crippen molar-refractivity contribution in [2.75, 3.05) is 18.5 Å². The highest BCUT2D eigenvalue weighted by Crippen LogP contribution is 2.42. The molecule has 0 spiro atoms. The molecule has 10 heteroatoms. The third-order valence-electron chi connectivity index (χ3n) is 3.20. The van der Waals surface area contributed by atoms with E-state index in [4.69, 9.17) is 25.7 Å². The minimum atomic E-state index is -0.453. The molecule has 0 bridgehead atoms. The quantitative estimate of drug-likeness (QED) is 0.124. The Bertz CT molecular complexity index is 832. The van der Waals surface area contributed by atoms with Gasteiger partial charge in [0.2, 0.25) is 0 Å². The molecule has 0 aliphatic carbocycles. The Labute approximate surface area is 190 Å². The van der Waals surface area contributed by atoms with Gasteiger partial charge in [-0.3, -0.25) is 10.2 Å². The molecule has 0 unspecified atom stereocenters. The summed E-state index contributed by atoms with van der Waals surface area (Å²) < 4.78 is 12.4. The number of rotatable bonds is 7. The molecule has 0 aromatic heterocycles. The number of hydrogen-bond acceptors (Lipinski definition) is 6. The van der Waals surface area contributed by atoms with Gasteiger partial charge in [0.05, 0.1) is 15.9 Å². The molecule has 2 aromatic carbocycles. The maximum absolute atomic E-state index is 11.3. The van der Waals surface area contributed by atoms with Gasteiger partial charge < -0.3 is 25.6 Å². The van der Waals surface area contributed by atoms with E-state index in [0.29, 0.717) is 17.1 Å². The first kappa shape index (κ1) is 23.7. The molecule has 0 fully saturated rings. The summed E-state index contributed by atoms with van der Waals surface area (Å²) in [5, 5.41) is 19.8. The third-order valence-corrected chi connectivity index (χ3v) is 5.08. The van der Waals surface area contributed by atoms with Gasteiger partial charge in [0, 0.05) is 27.8 Å². The summed E-state index contributed by atoms with van der Waals surface area (Å²) >= 11 is 4.24. The van der Waals surface area contributed by atoms with Crippen LogP contribution in [0, 0.1) is 12.5 Å². The highest BCUT2D eigenvalue weighted by molar-refractivity contribution is 14.1. The van der Waals surface area contributed by atoms with Crippen LogP contribution in [0.25, 0.3) is 0 Å². The van der Waals surface area contributed by atoms with Gasteiger partial charge in [0.1, 0.15) is 12.4 Å². The van der Waals surface area contributed by atoms with Gasteiger partial charge >= 0.3 is 5.97 Å². The van der Waals surface area contributed by atoms with E-state index in [1.807, 2.05) is 12.1 Å². The molecular weight excluding hydrogens is 599 g/mol. The van der Waals surface area contributed by atoms with E-state index in [1.54, 1.807) is 18.2 Å². The number of aliphatic hydroxyl groups is 1. The van der Waals surface area contributed by atoms with E-state index in [9.17, 15) is 4.79 Å². The maximum atomic E-state index is 11.3. The third kappa shape index (κ3) is 6.36. The predicted octanol–water partition coefficient (Wildman–Crippen LogP) is 3.64. The molecule has 0 atom stereocenters. The Morgan fingerprint density at radius 2 is 1.93 bits per heavy atom. The molecule has 0 amide bonds. The van der Waals surface area contributed by atoms with E-state index in [-0.39, 0.29) is 31.5 Å². The van der Waals surface area contributed by atoms with Crippen molar-refractivity contribution in [2.24, 2.45) is 5.73 Å². The van der Waals surface area contributed by atoms with Gasteiger partial charge in [-0.2, -0.15) is 0 Å². The summed E-state index contributed by atoms with van der Waals surface area (Å²) in [4.78, 5) is 11.3. The van der Waals surface area contributed by atoms with Crippen molar-refractivity contribution >= 4 is 80.8 Å². The summed E-state index contributed by atoms with van der Waals surface area (Å²) in [6.07, 6.45) is 0. The molecule has 2 rings (SSSR count). The largest absolute Gasteiger partial charge is 0.486 e. The van der Waals surface area contributed by atoms with Crippen molar-refractivity contribution < 1.29 is 19.4 Å². The fourth-order valence-corrected chi connectivity index (χ4v) is 4.13. The van der Waals surface area contributed by atoms with Gasteiger partial charge in [-0.25, -0.2) is 0 Å². The average molecular weight is 618 g/mol. The summed E-state index contributed by atoms with van der Waals surface area (Å²) in [6.45, 7) is 1.24. The van der Waals surface area contributed by atoms with E-state index in [0.717, 1.165) is 18.5 Å². The SMILES string of the molecule is CC(=O)Oc1cc(I)c(Nc2ccc(C(=N)N)cc2)c(I)c1OCCO.Cl. The first-order valence-electron chi connectivity index (χ1n) is 7.49. The number of nitrogens with two attached hydrogens (primary N) is 1. The predicted molar refractivity (Wildman–Crippen MR) is 124 cm³/mol. The zero-order valence-corrected chi connectivity index (χ0v) is 19.3. The zero-order valence-electron chi connectivity index (χ0n) is 14.2. The molecule has 0 aliphatic heterocycles. The number of nitrogen functional groups attached to an aromatic ring is 1. The van der Waals surface area contributed by atoms with Crippen molar-refractivity contribution in [3.63, 3.8) is 0 Å². The number of carbonyl (C=O) groups is 1. The molecular formula is C17H18ClI2N3O4. The van der Waals surface area contributed by atoms with Crippen molar-refractivity contribution in [3.8, 4) is 11.5 Å². The zero-order chi connectivity index (χ0) is 19.3. The second-order valence-corrected chi connectivity index (χ2v) is 7.40. The molecule has 0 heterocycles. The van der Waals surface area contributed by atoms with Crippen LogP contribution in [0.4, 0.5) is 11.4 Å². The molecule has 7 nitrogen and oxygen atoms in total. The Morgan fingerprint density at radius 3 is 2.44 bits per heavy atom. The minimum absolute atomic E-state index is 0. The summed E-state index contributed by atoms with van der Waals surface area (Å²) in [5.41, 5.74) is 7.69. The van der Waals surface area contributed by atoms with Gasteiger partial charge in [0.25, 0.3) is 0 Å². The van der Waals surface area contributed by atoms with Crippen molar-refractivity contribution in [1.29, 1.82) is 5.41 Å². The fourth-order valence-electron chi connectivity index (χ4n) is 2.08. The van der Waals surface area contributed by atoms with Crippen LogP contribution in [0.2, 0.25) is 0 Å². The number of nitrogens with one attached hydrogen (secondary N) is 2. The van der Waals surface area contributed by atoms with Crippen molar-refractivity contribution in [2.45, 2.75) is 6.92 Å². The number of halogens is 3. The lowest BCUT2D eigenvalue weighted by Gasteiger charge is -2.18. The van der Waals surface area contributed by atoms with Crippen LogP contribution in [-0.2, 0) is 4.79 Å². The van der Waals surface area contributed by atoms with Crippen LogP contribution in [0.5, 0.6) is 11.5 Å². The number of benzene rings is 2. The lowest BCUT2D eigenvalue weighted by Crippen LogP contribution is -2.11. The second kappa shape index (κ2) is 10.9. The Morgan fingerprint density at radius 1 is 1.30 bits per heavy atom. The van der Waals surface area contributed by atoms with E-state index in [1.165, 1.54) is 6.92 Å². The van der Waals surface area contributed by atoms with Crippen LogP contribution >= 0.6 is 57.6 Å². The molecule has 0 saturated heterocycles. The number of anilines is 2. The topological polar surface area (TPSA) is 118 Å². The van der Waals surface area contributed by atoms with Gasteiger partial charge in [0.15, 0.2) is 11.5 Å². The molecule has 2 aromatic rings. The number of esters is 1. The summed E-state index contributed by atoms with van der Waals surface area (Å²) in [7, 11) is 0. The van der Waals surface area contributed by atoms with Crippen LogP contribution in [0.1, 0.15) is 12.5 Å². The fraction of sp³-hybridized carbons (Fsp3) is 0.176. The van der Waals surface area contributed by atoms with Crippen LogP contribution in [0.15, 0.2) is 30.3 Å². The minimum Gasteiger partial charge on any atom is -0.486 e. The molecule has 0 saturated carbocycles.